The molecule has 0 atom stereocenters. The molecule has 4 aromatic rings. The SMILES string of the molecule is COc1ccc(CNC(=O)Cn2nc(-c3ccc(Cl)cc3)c(-c3ccc(Cl)cc3Cl)n2)cc1. The summed E-state index contributed by atoms with van der Waals surface area (Å²) in [5.74, 6) is 0.533. The van der Waals surface area contributed by atoms with Crippen molar-refractivity contribution in [2.75, 3.05) is 7.11 Å². The molecular weight excluding hydrogens is 483 g/mol. The number of carbonyl (C=O) groups is 1. The van der Waals surface area contributed by atoms with E-state index >= 15 is 0 Å². The fraction of sp³-hybridized carbons (Fsp3) is 0.125. The molecule has 0 radical (unpaired) electrons. The van der Waals surface area contributed by atoms with E-state index in [-0.39, 0.29) is 12.5 Å². The molecule has 0 saturated carbocycles. The maximum Gasteiger partial charge on any atom is 0.243 e. The first kappa shape index (κ1) is 23.1. The molecule has 1 N–H and O–H groups in total. The van der Waals surface area contributed by atoms with Crippen LogP contribution in [0.15, 0.2) is 66.7 Å². The number of aromatic nitrogens is 3. The van der Waals surface area contributed by atoms with Crippen molar-refractivity contribution in [3.63, 3.8) is 0 Å². The highest BCUT2D eigenvalue weighted by Gasteiger charge is 2.19. The van der Waals surface area contributed by atoms with Crippen LogP contribution >= 0.6 is 34.8 Å². The van der Waals surface area contributed by atoms with Gasteiger partial charge >= 0.3 is 0 Å². The summed E-state index contributed by atoms with van der Waals surface area (Å²) >= 11 is 18.5. The molecule has 0 unspecified atom stereocenters. The molecule has 168 valence electrons. The molecule has 0 bridgehead atoms. The zero-order valence-electron chi connectivity index (χ0n) is 17.6. The van der Waals surface area contributed by atoms with Gasteiger partial charge in [0.2, 0.25) is 5.91 Å². The monoisotopic (exact) mass is 500 g/mol. The van der Waals surface area contributed by atoms with Gasteiger partial charge in [-0.3, -0.25) is 4.79 Å². The number of rotatable bonds is 7. The first-order chi connectivity index (χ1) is 15.9. The van der Waals surface area contributed by atoms with Crippen LogP contribution in [0.5, 0.6) is 5.75 Å². The van der Waals surface area contributed by atoms with Crippen molar-refractivity contribution < 1.29 is 9.53 Å². The highest BCUT2D eigenvalue weighted by atomic mass is 35.5. The Labute approximate surface area is 206 Å². The fourth-order valence-corrected chi connectivity index (χ4v) is 3.84. The van der Waals surface area contributed by atoms with E-state index in [1.54, 1.807) is 37.4 Å². The van der Waals surface area contributed by atoms with Gasteiger partial charge in [0, 0.05) is 27.7 Å². The molecule has 0 aliphatic heterocycles. The molecule has 0 fully saturated rings. The van der Waals surface area contributed by atoms with Crippen LogP contribution in [0.4, 0.5) is 0 Å². The van der Waals surface area contributed by atoms with Crippen molar-refractivity contribution in [2.45, 2.75) is 13.1 Å². The topological polar surface area (TPSA) is 69.0 Å². The highest BCUT2D eigenvalue weighted by molar-refractivity contribution is 6.36. The second-order valence-corrected chi connectivity index (χ2v) is 8.46. The van der Waals surface area contributed by atoms with Gasteiger partial charge in [-0.1, -0.05) is 59.1 Å². The number of carbonyl (C=O) groups excluding carboxylic acids is 1. The predicted octanol–water partition coefficient (Wildman–Crippen LogP) is 5.90. The second-order valence-electron chi connectivity index (χ2n) is 7.18. The van der Waals surface area contributed by atoms with Crippen LogP contribution in [0.1, 0.15) is 5.56 Å². The van der Waals surface area contributed by atoms with Gasteiger partial charge < -0.3 is 10.1 Å². The first-order valence-corrected chi connectivity index (χ1v) is 11.1. The Kier molecular flexibility index (Phi) is 7.18. The minimum Gasteiger partial charge on any atom is -0.497 e. The average molecular weight is 502 g/mol. The molecule has 0 aliphatic rings. The quantitative estimate of drug-likeness (QED) is 0.342. The van der Waals surface area contributed by atoms with Crippen LogP contribution in [-0.2, 0) is 17.9 Å². The zero-order chi connectivity index (χ0) is 23.4. The Morgan fingerprint density at radius 1 is 0.909 bits per heavy atom. The lowest BCUT2D eigenvalue weighted by Crippen LogP contribution is -2.28. The van der Waals surface area contributed by atoms with E-state index in [1.807, 2.05) is 36.4 Å². The van der Waals surface area contributed by atoms with Crippen molar-refractivity contribution >= 4 is 40.7 Å². The second kappa shape index (κ2) is 10.3. The van der Waals surface area contributed by atoms with E-state index in [2.05, 4.69) is 15.5 Å². The first-order valence-electron chi connectivity index (χ1n) is 9.99. The minimum atomic E-state index is -0.225. The van der Waals surface area contributed by atoms with Gasteiger partial charge in [-0.15, -0.1) is 0 Å². The molecule has 6 nitrogen and oxygen atoms in total. The molecule has 1 aromatic heterocycles. The zero-order valence-corrected chi connectivity index (χ0v) is 19.8. The highest BCUT2D eigenvalue weighted by Crippen LogP contribution is 2.35. The molecule has 9 heteroatoms. The van der Waals surface area contributed by atoms with Gasteiger partial charge in [0.1, 0.15) is 23.7 Å². The number of nitrogens with one attached hydrogen (secondary N) is 1. The predicted molar refractivity (Wildman–Crippen MR) is 131 cm³/mol. The Morgan fingerprint density at radius 3 is 2.24 bits per heavy atom. The molecular formula is C24H19Cl3N4O2. The molecule has 4 rings (SSSR count). The van der Waals surface area contributed by atoms with Crippen LogP contribution < -0.4 is 10.1 Å². The van der Waals surface area contributed by atoms with Crippen molar-refractivity contribution in [3.05, 3.63) is 87.4 Å². The Hall–Kier alpha value is -3.06. The number of nitrogens with zero attached hydrogens (tertiary/aromatic N) is 3. The van der Waals surface area contributed by atoms with E-state index in [0.29, 0.717) is 38.6 Å². The minimum absolute atomic E-state index is 0.0536. The largest absolute Gasteiger partial charge is 0.497 e. The number of benzene rings is 3. The number of methoxy groups -OCH3 is 1. The summed E-state index contributed by atoms with van der Waals surface area (Å²) in [7, 11) is 1.61. The molecule has 33 heavy (non-hydrogen) atoms. The molecule has 0 aliphatic carbocycles. The van der Waals surface area contributed by atoms with Gasteiger partial charge in [0.05, 0.1) is 12.1 Å². The summed E-state index contributed by atoms with van der Waals surface area (Å²) in [5.41, 5.74) is 3.54. The standard InChI is InChI=1S/C24H19Cl3N4O2/c1-33-19-9-2-15(3-10-19)13-28-22(32)14-31-29-23(16-4-6-17(25)7-5-16)24(30-31)20-11-8-18(26)12-21(20)27/h2-12H,13-14H2,1H3,(H,28,32). The van der Waals surface area contributed by atoms with Gasteiger partial charge in [0.25, 0.3) is 0 Å². The lowest BCUT2D eigenvalue weighted by molar-refractivity contribution is -0.122. The van der Waals surface area contributed by atoms with Gasteiger partial charge in [-0.05, 0) is 48.0 Å². The number of ether oxygens (including phenoxy) is 1. The third-order valence-corrected chi connectivity index (χ3v) is 5.69. The van der Waals surface area contributed by atoms with Gasteiger partial charge in [-0.2, -0.15) is 15.0 Å². The van der Waals surface area contributed by atoms with E-state index in [9.17, 15) is 4.79 Å². The maximum atomic E-state index is 12.6. The van der Waals surface area contributed by atoms with E-state index < -0.39 is 0 Å². The lowest BCUT2D eigenvalue weighted by atomic mass is 10.1. The van der Waals surface area contributed by atoms with Crippen molar-refractivity contribution in [1.29, 1.82) is 0 Å². The van der Waals surface area contributed by atoms with Crippen molar-refractivity contribution in [2.24, 2.45) is 0 Å². The summed E-state index contributed by atoms with van der Waals surface area (Å²) in [6.45, 7) is 0.325. The molecule has 0 saturated heterocycles. The number of amides is 1. The third-order valence-electron chi connectivity index (χ3n) is 4.89. The third kappa shape index (κ3) is 5.66. The van der Waals surface area contributed by atoms with Crippen LogP contribution in [-0.4, -0.2) is 28.0 Å². The van der Waals surface area contributed by atoms with Crippen molar-refractivity contribution in [1.82, 2.24) is 20.3 Å². The number of hydrogen-bond donors (Lipinski definition) is 1. The summed E-state index contributed by atoms with van der Waals surface area (Å²) in [6.07, 6.45) is 0. The lowest BCUT2D eigenvalue weighted by Gasteiger charge is -2.06. The number of halogens is 3. The molecule has 1 amide bonds. The van der Waals surface area contributed by atoms with Crippen LogP contribution in [0.25, 0.3) is 22.5 Å². The smallest absolute Gasteiger partial charge is 0.243 e. The van der Waals surface area contributed by atoms with Crippen LogP contribution in [0, 0.1) is 0 Å². The van der Waals surface area contributed by atoms with Crippen molar-refractivity contribution in [3.8, 4) is 28.3 Å². The number of hydrogen-bond acceptors (Lipinski definition) is 4. The van der Waals surface area contributed by atoms with Gasteiger partial charge in [-0.25, -0.2) is 0 Å². The van der Waals surface area contributed by atoms with Gasteiger partial charge in [0.15, 0.2) is 0 Å². The average Bonchev–Trinajstić information content (AvgIpc) is 3.21. The summed E-state index contributed by atoms with van der Waals surface area (Å²) < 4.78 is 5.15. The summed E-state index contributed by atoms with van der Waals surface area (Å²) in [6, 6.07) is 19.8. The van der Waals surface area contributed by atoms with Crippen LogP contribution in [0.2, 0.25) is 15.1 Å². The molecule has 1 heterocycles. The fourth-order valence-electron chi connectivity index (χ4n) is 3.21. The van der Waals surface area contributed by atoms with E-state index in [4.69, 9.17) is 39.5 Å². The normalized spacial score (nSPS) is 10.8. The maximum absolute atomic E-state index is 12.6. The molecule has 3 aromatic carbocycles. The Morgan fingerprint density at radius 2 is 1.58 bits per heavy atom. The van der Waals surface area contributed by atoms with E-state index in [0.717, 1.165) is 16.9 Å². The summed E-state index contributed by atoms with van der Waals surface area (Å²) in [4.78, 5) is 13.9. The van der Waals surface area contributed by atoms with E-state index in [1.165, 1.54) is 4.80 Å². The summed E-state index contributed by atoms with van der Waals surface area (Å²) in [5, 5.41) is 13.6. The Balaban J connectivity index is 1.57. The van der Waals surface area contributed by atoms with Crippen LogP contribution in [0.3, 0.4) is 0 Å². The Bertz CT molecular complexity index is 1270. The molecule has 0 spiro atoms.